The van der Waals surface area contributed by atoms with E-state index < -0.39 is 17.9 Å². The van der Waals surface area contributed by atoms with Crippen LogP contribution < -0.4 is 10.6 Å². The van der Waals surface area contributed by atoms with Gasteiger partial charge in [0.25, 0.3) is 12.3 Å². The lowest BCUT2D eigenvalue weighted by atomic mass is 9.80. The van der Waals surface area contributed by atoms with Crippen molar-refractivity contribution in [2.24, 2.45) is 0 Å². The maximum Gasteiger partial charge on any atom is 0.280 e. The van der Waals surface area contributed by atoms with Crippen molar-refractivity contribution in [3.05, 3.63) is 28.5 Å². The van der Waals surface area contributed by atoms with Crippen molar-refractivity contribution in [2.75, 3.05) is 18.4 Å². The number of nitrogens with one attached hydrogen (secondary N) is 2. The molecule has 2 fully saturated rings. The van der Waals surface area contributed by atoms with E-state index in [0.717, 1.165) is 30.7 Å². The van der Waals surface area contributed by atoms with E-state index in [0.29, 0.717) is 35.3 Å². The summed E-state index contributed by atoms with van der Waals surface area (Å²) in [4.78, 5) is 33.4. The molecule has 2 aromatic heterocycles. The van der Waals surface area contributed by atoms with Gasteiger partial charge in [-0.15, -0.1) is 11.3 Å². The average Bonchev–Trinajstić information content (AvgIpc) is 3.40. The minimum Gasteiger partial charge on any atom is -0.388 e. The second-order valence-corrected chi connectivity index (χ2v) is 11.9. The highest BCUT2D eigenvalue weighted by atomic mass is 32.1. The monoisotopic (exact) mass is 537 g/mol. The first-order valence-electron chi connectivity index (χ1n) is 12.6. The van der Waals surface area contributed by atoms with Gasteiger partial charge in [0, 0.05) is 42.0 Å². The molecule has 4 rings (SSSR count). The second kappa shape index (κ2) is 11.8. The number of carbonyl (C=O) groups excluding carboxylic acids is 2. The molecule has 2 aliphatic rings. The normalized spacial score (nSPS) is 18.6. The first-order valence-corrected chi connectivity index (χ1v) is 13.4. The Balaban J connectivity index is 0.000000405. The highest BCUT2D eigenvalue weighted by molar-refractivity contribution is 7.17. The third-order valence-corrected chi connectivity index (χ3v) is 7.70. The van der Waals surface area contributed by atoms with Crippen molar-refractivity contribution in [1.29, 1.82) is 0 Å². The minimum absolute atomic E-state index is 0.158. The van der Waals surface area contributed by atoms with E-state index in [-0.39, 0.29) is 28.2 Å². The van der Waals surface area contributed by atoms with Gasteiger partial charge in [-0.05, 0) is 72.8 Å². The molecule has 2 amide bonds. The largest absolute Gasteiger partial charge is 0.388 e. The second-order valence-electron chi connectivity index (χ2n) is 10.9. The van der Waals surface area contributed by atoms with E-state index in [9.17, 15) is 23.5 Å². The van der Waals surface area contributed by atoms with Crippen LogP contribution in [0.2, 0.25) is 0 Å². The van der Waals surface area contributed by atoms with Crippen molar-refractivity contribution in [1.82, 2.24) is 20.2 Å². The molecule has 3 N–H and O–H groups in total. The molecule has 1 unspecified atom stereocenters. The standard InChI is InChI=1S/C20H26F2N4O2S.C6H11NO/c1-11-15(29-18(25-11)17(27)24-10-20(28)6-5-7-20)13-9-23-14(26-19(2,3)4)8-12(13)16(21)22;1-6-3-2-4-7(6)5-8/h8-9,16,28H,5-7,10H2,1-4H3,(H,23,26)(H,24,27);5-6H,2-4H2,1H3. The van der Waals surface area contributed by atoms with E-state index in [1.165, 1.54) is 25.1 Å². The summed E-state index contributed by atoms with van der Waals surface area (Å²) in [5, 5.41) is 16.1. The predicted octanol–water partition coefficient (Wildman–Crippen LogP) is 4.93. The number of likely N-dealkylation sites (tertiary alicyclic amines) is 1. The van der Waals surface area contributed by atoms with Gasteiger partial charge in [0.15, 0.2) is 5.01 Å². The molecule has 1 aliphatic carbocycles. The number of carbonyl (C=O) groups is 2. The third-order valence-electron chi connectivity index (χ3n) is 6.51. The van der Waals surface area contributed by atoms with Crippen LogP contribution in [0.3, 0.4) is 0 Å². The van der Waals surface area contributed by atoms with Crippen LogP contribution >= 0.6 is 11.3 Å². The summed E-state index contributed by atoms with van der Waals surface area (Å²) in [5.74, 6) is -0.0484. The fourth-order valence-electron chi connectivity index (χ4n) is 4.23. The zero-order chi connectivity index (χ0) is 27.4. The quantitative estimate of drug-likeness (QED) is 0.432. The molecule has 0 bridgehead atoms. The highest BCUT2D eigenvalue weighted by Gasteiger charge is 2.35. The van der Waals surface area contributed by atoms with Crippen molar-refractivity contribution in [3.63, 3.8) is 0 Å². The van der Waals surface area contributed by atoms with Crippen molar-refractivity contribution in [3.8, 4) is 10.4 Å². The number of rotatable bonds is 7. The molecular weight excluding hydrogens is 500 g/mol. The Bertz CT molecular complexity index is 1100. The molecule has 2 aromatic rings. The number of aryl methyl sites for hydroxylation is 1. The number of hydrogen-bond donors (Lipinski definition) is 3. The topological polar surface area (TPSA) is 107 Å². The summed E-state index contributed by atoms with van der Waals surface area (Å²) in [7, 11) is 0. The zero-order valence-electron chi connectivity index (χ0n) is 22.1. The number of aliphatic hydroxyl groups is 1. The van der Waals surface area contributed by atoms with E-state index in [1.54, 1.807) is 6.92 Å². The van der Waals surface area contributed by atoms with Gasteiger partial charge in [0.2, 0.25) is 6.41 Å². The Kier molecular flexibility index (Phi) is 9.22. The van der Waals surface area contributed by atoms with Crippen molar-refractivity contribution >= 4 is 29.5 Å². The van der Waals surface area contributed by atoms with Crippen molar-refractivity contribution in [2.45, 2.75) is 90.3 Å². The van der Waals surface area contributed by atoms with Crippen LogP contribution in [0.5, 0.6) is 0 Å². The first-order chi connectivity index (χ1) is 17.3. The molecule has 1 saturated heterocycles. The van der Waals surface area contributed by atoms with Gasteiger partial charge in [0.1, 0.15) is 5.82 Å². The lowest BCUT2D eigenvalue weighted by molar-refractivity contribution is -0.118. The summed E-state index contributed by atoms with van der Waals surface area (Å²) < 4.78 is 27.5. The molecule has 1 saturated carbocycles. The van der Waals surface area contributed by atoms with E-state index in [1.807, 2.05) is 25.7 Å². The number of hydrogen-bond acceptors (Lipinski definition) is 7. The van der Waals surface area contributed by atoms with Crippen LogP contribution in [0, 0.1) is 6.92 Å². The summed E-state index contributed by atoms with van der Waals surface area (Å²) >= 11 is 1.05. The number of aromatic nitrogens is 2. The Morgan fingerprint density at radius 3 is 2.54 bits per heavy atom. The lowest BCUT2D eigenvalue weighted by Crippen LogP contribution is -2.47. The molecule has 0 spiro atoms. The van der Waals surface area contributed by atoms with E-state index >= 15 is 0 Å². The molecule has 37 heavy (non-hydrogen) atoms. The summed E-state index contributed by atoms with van der Waals surface area (Å²) in [6, 6.07) is 1.84. The Morgan fingerprint density at radius 2 is 2.05 bits per heavy atom. The Labute approximate surface area is 220 Å². The molecule has 11 heteroatoms. The molecule has 0 radical (unpaired) electrons. The van der Waals surface area contributed by atoms with Gasteiger partial charge in [-0.3, -0.25) is 9.59 Å². The van der Waals surface area contributed by atoms with Gasteiger partial charge in [0.05, 0.1) is 16.2 Å². The van der Waals surface area contributed by atoms with Crippen LogP contribution in [0.1, 0.15) is 87.3 Å². The van der Waals surface area contributed by atoms with Crippen LogP contribution in [0.15, 0.2) is 12.3 Å². The van der Waals surface area contributed by atoms with Gasteiger partial charge in [-0.1, -0.05) is 0 Å². The maximum atomic E-state index is 13.7. The van der Waals surface area contributed by atoms with Gasteiger partial charge < -0.3 is 20.6 Å². The summed E-state index contributed by atoms with van der Waals surface area (Å²) in [6.45, 7) is 10.6. The number of pyridine rings is 1. The number of anilines is 1. The number of halogens is 2. The van der Waals surface area contributed by atoms with Gasteiger partial charge >= 0.3 is 0 Å². The molecule has 3 heterocycles. The van der Waals surface area contributed by atoms with Crippen molar-refractivity contribution < 1.29 is 23.5 Å². The average molecular weight is 538 g/mol. The highest BCUT2D eigenvalue weighted by Crippen LogP contribution is 2.38. The van der Waals surface area contributed by atoms with Crippen LogP contribution in [0.4, 0.5) is 14.6 Å². The SMILES string of the molecule is CC1CCCN1C=O.Cc1nc(C(=O)NCC2(O)CCC2)sc1-c1cnc(NC(C)(C)C)cc1C(F)F. The fourth-order valence-corrected chi connectivity index (χ4v) is 5.25. The van der Waals surface area contributed by atoms with E-state index in [2.05, 4.69) is 27.5 Å². The molecular formula is C26H37F2N5O3S. The van der Waals surface area contributed by atoms with Crippen LogP contribution in [0.25, 0.3) is 10.4 Å². The molecule has 204 valence electrons. The number of alkyl halides is 2. The van der Waals surface area contributed by atoms with Crippen LogP contribution in [-0.2, 0) is 4.79 Å². The predicted molar refractivity (Wildman–Crippen MR) is 141 cm³/mol. The number of amides is 2. The van der Waals surface area contributed by atoms with Crippen LogP contribution in [-0.4, -0.2) is 62.6 Å². The molecule has 0 aromatic carbocycles. The fraction of sp³-hybridized carbons (Fsp3) is 0.615. The summed E-state index contributed by atoms with van der Waals surface area (Å²) in [5.41, 5.74) is -0.555. The molecule has 1 atom stereocenters. The maximum absolute atomic E-state index is 13.7. The Morgan fingerprint density at radius 1 is 1.35 bits per heavy atom. The lowest BCUT2D eigenvalue weighted by Gasteiger charge is -2.36. The number of thiazole rings is 1. The first kappa shape index (κ1) is 28.9. The third kappa shape index (κ3) is 7.67. The number of nitrogens with zero attached hydrogens (tertiary/aromatic N) is 3. The van der Waals surface area contributed by atoms with E-state index in [4.69, 9.17) is 0 Å². The summed E-state index contributed by atoms with van der Waals surface area (Å²) in [6.07, 6.45) is 4.27. The van der Waals surface area contributed by atoms with Gasteiger partial charge in [-0.25, -0.2) is 18.7 Å². The minimum atomic E-state index is -2.69. The Hall–Kier alpha value is -2.66. The zero-order valence-corrected chi connectivity index (χ0v) is 22.9. The molecule has 1 aliphatic heterocycles. The molecule has 8 nitrogen and oxygen atoms in total. The van der Waals surface area contributed by atoms with Gasteiger partial charge in [-0.2, -0.15) is 0 Å². The smallest absolute Gasteiger partial charge is 0.280 e.